The van der Waals surface area contributed by atoms with Crippen LogP contribution >= 0.6 is 0 Å². The van der Waals surface area contributed by atoms with Gasteiger partial charge in [0.1, 0.15) is 0 Å². The normalized spacial score (nSPS) is 19.7. The molecule has 1 saturated heterocycles. The van der Waals surface area contributed by atoms with Crippen molar-refractivity contribution in [2.45, 2.75) is 25.2 Å². The number of ether oxygens (including phenoxy) is 1. The van der Waals surface area contributed by atoms with Crippen molar-refractivity contribution in [3.05, 3.63) is 29.3 Å². The zero-order valence-corrected chi connectivity index (χ0v) is 10.6. The molecular weight excluding hydrogens is 259 g/mol. The van der Waals surface area contributed by atoms with E-state index in [1.165, 1.54) is 12.1 Å². The largest absolute Gasteiger partial charge is 0.418 e. The van der Waals surface area contributed by atoms with Crippen molar-refractivity contribution in [2.75, 3.05) is 25.2 Å². The van der Waals surface area contributed by atoms with E-state index in [0.29, 0.717) is 13.2 Å². The predicted molar refractivity (Wildman–Crippen MR) is 65.0 cm³/mol. The summed E-state index contributed by atoms with van der Waals surface area (Å²) in [5.74, 6) is 0. The van der Waals surface area contributed by atoms with Gasteiger partial charge in [-0.2, -0.15) is 13.2 Å². The molecule has 0 saturated carbocycles. The third-order valence-corrected chi connectivity index (χ3v) is 3.38. The van der Waals surface area contributed by atoms with Crippen molar-refractivity contribution in [3.8, 4) is 0 Å². The van der Waals surface area contributed by atoms with Gasteiger partial charge in [-0.15, -0.1) is 0 Å². The van der Waals surface area contributed by atoms with Crippen LogP contribution in [0.3, 0.4) is 0 Å². The molecular formula is C13H16F3NO2. The first-order valence-electron chi connectivity index (χ1n) is 6.05. The second-order valence-corrected chi connectivity index (χ2v) is 4.64. The summed E-state index contributed by atoms with van der Waals surface area (Å²) >= 11 is 0. The van der Waals surface area contributed by atoms with Crippen molar-refractivity contribution in [3.63, 3.8) is 0 Å². The van der Waals surface area contributed by atoms with Crippen LogP contribution < -0.4 is 4.90 Å². The fraction of sp³-hybridized carbons (Fsp3) is 0.538. The summed E-state index contributed by atoms with van der Waals surface area (Å²) in [6.45, 7) is 0.611. The number of likely N-dealkylation sites (N-methyl/N-ethyl adjacent to an activating group) is 1. The maximum Gasteiger partial charge on any atom is 0.418 e. The molecule has 0 spiro atoms. The number of anilines is 1. The van der Waals surface area contributed by atoms with Gasteiger partial charge in [-0.05, 0) is 24.1 Å². The number of halogens is 3. The Morgan fingerprint density at radius 1 is 1.42 bits per heavy atom. The Morgan fingerprint density at radius 3 is 2.68 bits per heavy atom. The molecule has 1 N–H and O–H groups in total. The first kappa shape index (κ1) is 14.1. The molecule has 1 heterocycles. The maximum absolute atomic E-state index is 13.1. The Labute approximate surface area is 109 Å². The molecule has 1 atom stereocenters. The summed E-state index contributed by atoms with van der Waals surface area (Å²) in [5, 5.41) is 8.97. The third kappa shape index (κ3) is 3.01. The van der Waals surface area contributed by atoms with Gasteiger partial charge in [0.15, 0.2) is 0 Å². The molecule has 19 heavy (non-hydrogen) atoms. The van der Waals surface area contributed by atoms with Gasteiger partial charge >= 0.3 is 6.18 Å². The van der Waals surface area contributed by atoms with Crippen molar-refractivity contribution < 1.29 is 23.0 Å². The summed E-state index contributed by atoms with van der Waals surface area (Å²) in [5.41, 5.74) is -0.333. The van der Waals surface area contributed by atoms with Crippen LogP contribution in [0, 0.1) is 0 Å². The number of rotatable bonds is 3. The minimum absolute atomic E-state index is 0.0407. The van der Waals surface area contributed by atoms with Crippen LogP contribution in [0.2, 0.25) is 0 Å². The number of hydrogen-bond acceptors (Lipinski definition) is 3. The Morgan fingerprint density at radius 2 is 2.16 bits per heavy atom. The van der Waals surface area contributed by atoms with Crippen LogP contribution in [0.1, 0.15) is 17.5 Å². The average molecular weight is 275 g/mol. The Hall–Kier alpha value is -1.27. The van der Waals surface area contributed by atoms with Crippen LogP contribution in [0.4, 0.5) is 18.9 Å². The summed E-state index contributed by atoms with van der Waals surface area (Å²) < 4.78 is 44.4. The molecule has 2 rings (SSSR count). The van der Waals surface area contributed by atoms with Crippen molar-refractivity contribution in [1.29, 1.82) is 0 Å². The zero-order valence-electron chi connectivity index (χ0n) is 10.6. The average Bonchev–Trinajstić information content (AvgIpc) is 2.90. The molecule has 0 amide bonds. The highest BCUT2D eigenvalue weighted by Gasteiger charge is 2.36. The van der Waals surface area contributed by atoms with Crippen molar-refractivity contribution >= 4 is 5.69 Å². The van der Waals surface area contributed by atoms with Crippen LogP contribution in [-0.2, 0) is 17.5 Å². The molecule has 1 fully saturated rings. The first-order chi connectivity index (χ1) is 8.93. The molecule has 0 bridgehead atoms. The Kier molecular flexibility index (Phi) is 4.01. The quantitative estimate of drug-likeness (QED) is 0.919. The van der Waals surface area contributed by atoms with Crippen molar-refractivity contribution in [2.24, 2.45) is 0 Å². The fourth-order valence-corrected chi connectivity index (χ4v) is 2.24. The number of benzene rings is 1. The van der Waals surface area contributed by atoms with Crippen LogP contribution in [-0.4, -0.2) is 31.4 Å². The van der Waals surface area contributed by atoms with Gasteiger partial charge < -0.3 is 14.7 Å². The lowest BCUT2D eigenvalue weighted by molar-refractivity contribution is -0.137. The number of aliphatic hydroxyl groups excluding tert-OH is 1. The minimum Gasteiger partial charge on any atom is -0.392 e. The van der Waals surface area contributed by atoms with E-state index in [-0.39, 0.29) is 17.3 Å². The standard InChI is InChI=1S/C13H16F3NO2/c1-17(10-4-5-19-8-10)12-3-2-9(7-18)6-11(12)13(14,15)16/h2-3,6,10,18H,4-5,7-8H2,1H3. The molecule has 1 aromatic rings. The molecule has 106 valence electrons. The first-order valence-corrected chi connectivity index (χ1v) is 6.05. The second kappa shape index (κ2) is 5.38. The van der Waals surface area contributed by atoms with Crippen molar-refractivity contribution in [1.82, 2.24) is 0 Å². The zero-order chi connectivity index (χ0) is 14.0. The molecule has 6 heteroatoms. The van der Waals surface area contributed by atoms with Gasteiger partial charge in [0.25, 0.3) is 0 Å². The Balaban J connectivity index is 2.38. The lowest BCUT2D eigenvalue weighted by atomic mass is 10.1. The number of hydrogen-bond donors (Lipinski definition) is 1. The molecule has 1 aliphatic heterocycles. The molecule has 1 aliphatic rings. The highest BCUT2D eigenvalue weighted by molar-refractivity contribution is 5.56. The SMILES string of the molecule is CN(c1ccc(CO)cc1C(F)(F)F)C1CCOC1. The summed E-state index contributed by atoms with van der Waals surface area (Å²) in [6, 6.07) is 3.88. The van der Waals surface area contributed by atoms with Crippen LogP contribution in [0.15, 0.2) is 18.2 Å². The van der Waals surface area contributed by atoms with Gasteiger partial charge in [-0.3, -0.25) is 0 Å². The summed E-state index contributed by atoms with van der Waals surface area (Å²) in [7, 11) is 1.64. The molecule has 3 nitrogen and oxygen atoms in total. The van der Waals surface area contributed by atoms with E-state index in [9.17, 15) is 13.2 Å². The fourth-order valence-electron chi connectivity index (χ4n) is 2.24. The molecule has 1 unspecified atom stereocenters. The highest BCUT2D eigenvalue weighted by atomic mass is 19.4. The van der Waals surface area contributed by atoms with E-state index in [1.807, 2.05) is 0 Å². The molecule has 0 radical (unpaired) electrons. The van der Waals surface area contributed by atoms with E-state index in [2.05, 4.69) is 0 Å². The summed E-state index contributed by atoms with van der Waals surface area (Å²) in [6.07, 6.45) is -3.72. The predicted octanol–water partition coefficient (Wildman–Crippen LogP) is 2.42. The number of aliphatic hydroxyl groups is 1. The topological polar surface area (TPSA) is 32.7 Å². The molecule has 0 aliphatic carbocycles. The lowest BCUT2D eigenvalue weighted by Crippen LogP contribution is -2.33. The summed E-state index contributed by atoms with van der Waals surface area (Å²) in [4.78, 5) is 1.61. The van der Waals surface area contributed by atoms with E-state index in [1.54, 1.807) is 11.9 Å². The highest BCUT2D eigenvalue weighted by Crippen LogP contribution is 2.38. The van der Waals surface area contributed by atoms with Gasteiger partial charge in [-0.1, -0.05) is 6.07 Å². The van der Waals surface area contributed by atoms with E-state index in [0.717, 1.165) is 12.5 Å². The smallest absolute Gasteiger partial charge is 0.392 e. The monoisotopic (exact) mass is 275 g/mol. The molecule has 1 aromatic carbocycles. The number of alkyl halides is 3. The van der Waals surface area contributed by atoms with Crippen LogP contribution in [0.5, 0.6) is 0 Å². The van der Waals surface area contributed by atoms with Crippen LogP contribution in [0.25, 0.3) is 0 Å². The minimum atomic E-state index is -4.44. The van der Waals surface area contributed by atoms with Gasteiger partial charge in [0.2, 0.25) is 0 Å². The number of nitrogens with zero attached hydrogens (tertiary/aromatic N) is 1. The molecule has 0 aromatic heterocycles. The van der Waals surface area contributed by atoms with E-state index in [4.69, 9.17) is 9.84 Å². The van der Waals surface area contributed by atoms with Gasteiger partial charge in [0, 0.05) is 19.3 Å². The van der Waals surface area contributed by atoms with Gasteiger partial charge in [-0.25, -0.2) is 0 Å². The van der Waals surface area contributed by atoms with Gasteiger partial charge in [0.05, 0.1) is 24.8 Å². The third-order valence-electron chi connectivity index (χ3n) is 3.38. The maximum atomic E-state index is 13.1. The Bertz CT molecular complexity index is 442. The van der Waals surface area contributed by atoms with E-state index < -0.39 is 18.3 Å². The van der Waals surface area contributed by atoms with E-state index >= 15 is 0 Å². The second-order valence-electron chi connectivity index (χ2n) is 4.64. The lowest BCUT2D eigenvalue weighted by Gasteiger charge is -2.28.